The van der Waals surface area contributed by atoms with Gasteiger partial charge >= 0.3 is 0 Å². The van der Waals surface area contributed by atoms with Gasteiger partial charge in [-0.05, 0) is 37.5 Å². The lowest BCUT2D eigenvalue weighted by Crippen LogP contribution is -2.63. The second-order valence-corrected chi connectivity index (χ2v) is 6.94. The summed E-state index contributed by atoms with van der Waals surface area (Å²) in [5, 5.41) is 0.740. The summed E-state index contributed by atoms with van der Waals surface area (Å²) < 4.78 is 6.32. The molecule has 3 heteroatoms. The number of halogens is 1. The van der Waals surface area contributed by atoms with Crippen molar-refractivity contribution in [1.29, 1.82) is 0 Å². The summed E-state index contributed by atoms with van der Waals surface area (Å²) in [6.07, 6.45) is 8.97. The van der Waals surface area contributed by atoms with Crippen molar-refractivity contribution in [3.63, 3.8) is 0 Å². The minimum Gasteiger partial charge on any atom is -0.489 e. The van der Waals surface area contributed by atoms with E-state index in [0.29, 0.717) is 6.04 Å². The molecule has 2 fully saturated rings. The van der Waals surface area contributed by atoms with Crippen molar-refractivity contribution < 1.29 is 4.74 Å². The maximum Gasteiger partial charge on any atom is 0.124 e. The fraction of sp³-hybridized carbons (Fsp3) is 0.647. The van der Waals surface area contributed by atoms with Crippen LogP contribution in [0.3, 0.4) is 0 Å². The first-order valence-electron chi connectivity index (χ1n) is 7.80. The van der Waals surface area contributed by atoms with Crippen molar-refractivity contribution in [1.82, 2.24) is 0 Å². The molecule has 2 unspecified atom stereocenters. The van der Waals surface area contributed by atoms with Crippen molar-refractivity contribution in [3.05, 3.63) is 28.8 Å². The van der Waals surface area contributed by atoms with Crippen LogP contribution < -0.4 is 10.5 Å². The first-order valence-corrected chi connectivity index (χ1v) is 8.18. The standard InChI is InChI=1S/C17H24ClNO/c1-12-6-7-13(18)10-14(12)20-16-11-15(19)17(16)8-4-2-3-5-9-17/h6-7,10,15-16H,2-5,8-9,11,19H2,1H3. The van der Waals surface area contributed by atoms with Gasteiger partial charge in [0.25, 0.3) is 0 Å². The first kappa shape index (κ1) is 14.2. The molecule has 20 heavy (non-hydrogen) atoms. The zero-order valence-corrected chi connectivity index (χ0v) is 13.0. The zero-order chi connectivity index (χ0) is 14.2. The van der Waals surface area contributed by atoms with Gasteiger partial charge < -0.3 is 10.5 Å². The Balaban J connectivity index is 1.78. The van der Waals surface area contributed by atoms with Gasteiger partial charge in [-0.2, -0.15) is 0 Å². The quantitative estimate of drug-likeness (QED) is 0.873. The van der Waals surface area contributed by atoms with E-state index in [-0.39, 0.29) is 11.5 Å². The molecule has 1 spiro atoms. The lowest BCUT2D eigenvalue weighted by molar-refractivity contribution is -0.0773. The lowest BCUT2D eigenvalue weighted by Gasteiger charge is -2.54. The Bertz CT molecular complexity index is 480. The monoisotopic (exact) mass is 293 g/mol. The van der Waals surface area contributed by atoms with Gasteiger partial charge in [-0.3, -0.25) is 0 Å². The minimum absolute atomic E-state index is 0.214. The molecule has 0 saturated heterocycles. The van der Waals surface area contributed by atoms with E-state index in [1.807, 2.05) is 18.2 Å². The Morgan fingerprint density at radius 2 is 1.90 bits per heavy atom. The van der Waals surface area contributed by atoms with Crippen molar-refractivity contribution in [2.45, 2.75) is 64.0 Å². The van der Waals surface area contributed by atoms with Gasteiger partial charge in [0.05, 0.1) is 0 Å². The summed E-state index contributed by atoms with van der Waals surface area (Å²) in [4.78, 5) is 0. The number of rotatable bonds is 2. The molecule has 2 N–H and O–H groups in total. The van der Waals surface area contributed by atoms with Crippen molar-refractivity contribution in [2.24, 2.45) is 11.1 Å². The number of ether oxygens (including phenoxy) is 1. The zero-order valence-electron chi connectivity index (χ0n) is 12.2. The maximum absolute atomic E-state index is 6.36. The summed E-state index contributed by atoms with van der Waals surface area (Å²) in [6.45, 7) is 2.07. The molecule has 0 amide bonds. The van der Waals surface area contributed by atoms with Gasteiger partial charge in [0.1, 0.15) is 11.9 Å². The van der Waals surface area contributed by atoms with Crippen LogP contribution in [0.25, 0.3) is 0 Å². The summed E-state index contributed by atoms with van der Waals surface area (Å²) >= 11 is 6.09. The third kappa shape index (κ3) is 2.44. The molecule has 1 aromatic carbocycles. The Kier molecular flexibility index (Phi) is 3.96. The fourth-order valence-electron chi connectivity index (χ4n) is 3.88. The number of hydrogen-bond acceptors (Lipinski definition) is 2. The maximum atomic E-state index is 6.36. The van der Waals surface area contributed by atoms with Gasteiger partial charge in [-0.15, -0.1) is 0 Å². The second-order valence-electron chi connectivity index (χ2n) is 6.51. The van der Waals surface area contributed by atoms with Gasteiger partial charge in [-0.25, -0.2) is 0 Å². The van der Waals surface area contributed by atoms with E-state index in [1.54, 1.807) is 0 Å². The summed E-state index contributed by atoms with van der Waals surface area (Å²) in [6, 6.07) is 6.18. The molecular formula is C17H24ClNO. The van der Waals surface area contributed by atoms with Gasteiger partial charge in [0.15, 0.2) is 0 Å². The molecule has 0 radical (unpaired) electrons. The van der Waals surface area contributed by atoms with Crippen molar-refractivity contribution in [3.8, 4) is 5.75 Å². The minimum atomic E-state index is 0.214. The second kappa shape index (κ2) is 5.57. The van der Waals surface area contributed by atoms with Crippen LogP contribution in [0.15, 0.2) is 18.2 Å². The largest absolute Gasteiger partial charge is 0.489 e. The lowest BCUT2D eigenvalue weighted by atomic mass is 9.58. The highest BCUT2D eigenvalue weighted by molar-refractivity contribution is 6.30. The van der Waals surface area contributed by atoms with Crippen LogP contribution in [-0.4, -0.2) is 12.1 Å². The van der Waals surface area contributed by atoms with E-state index in [9.17, 15) is 0 Å². The topological polar surface area (TPSA) is 35.2 Å². The van der Waals surface area contributed by atoms with Crippen LogP contribution in [0.2, 0.25) is 5.02 Å². The summed E-state index contributed by atoms with van der Waals surface area (Å²) in [7, 11) is 0. The van der Waals surface area contributed by atoms with E-state index in [1.165, 1.54) is 38.5 Å². The highest BCUT2D eigenvalue weighted by Crippen LogP contribution is 2.51. The SMILES string of the molecule is Cc1ccc(Cl)cc1OC1CC(N)C12CCCCCC2. The Hall–Kier alpha value is -0.730. The molecule has 2 saturated carbocycles. The highest BCUT2D eigenvalue weighted by Gasteiger charge is 2.54. The first-order chi connectivity index (χ1) is 9.62. The smallest absolute Gasteiger partial charge is 0.124 e. The highest BCUT2D eigenvalue weighted by atomic mass is 35.5. The average Bonchev–Trinajstić information content (AvgIpc) is 2.70. The molecule has 2 nitrogen and oxygen atoms in total. The van der Waals surface area contributed by atoms with Crippen LogP contribution in [-0.2, 0) is 0 Å². The molecule has 0 aliphatic heterocycles. The molecule has 1 aromatic rings. The molecule has 2 aliphatic rings. The number of benzene rings is 1. The van der Waals surface area contributed by atoms with E-state index in [4.69, 9.17) is 22.1 Å². The van der Waals surface area contributed by atoms with Gasteiger partial charge in [0.2, 0.25) is 0 Å². The van der Waals surface area contributed by atoms with E-state index in [0.717, 1.165) is 22.8 Å². The Labute approximate surface area is 126 Å². The van der Waals surface area contributed by atoms with Crippen LogP contribution in [0.1, 0.15) is 50.5 Å². The van der Waals surface area contributed by atoms with E-state index in [2.05, 4.69) is 6.92 Å². The predicted octanol–water partition coefficient (Wildman–Crippen LogP) is 4.47. The summed E-state index contributed by atoms with van der Waals surface area (Å²) in [5.74, 6) is 0.929. The van der Waals surface area contributed by atoms with E-state index < -0.39 is 0 Å². The molecular weight excluding hydrogens is 270 g/mol. The molecule has 0 aromatic heterocycles. The average molecular weight is 294 g/mol. The van der Waals surface area contributed by atoms with Crippen LogP contribution in [0, 0.1) is 12.3 Å². The molecule has 2 aliphatic carbocycles. The van der Waals surface area contributed by atoms with Crippen LogP contribution in [0.4, 0.5) is 0 Å². The summed E-state index contributed by atoms with van der Waals surface area (Å²) in [5.41, 5.74) is 7.73. The van der Waals surface area contributed by atoms with Crippen molar-refractivity contribution >= 4 is 11.6 Å². The molecule has 3 rings (SSSR count). The number of nitrogens with two attached hydrogens (primary N) is 1. The van der Waals surface area contributed by atoms with Gasteiger partial charge in [0, 0.05) is 22.9 Å². The Morgan fingerprint density at radius 1 is 1.20 bits per heavy atom. The molecule has 2 atom stereocenters. The molecule has 0 bridgehead atoms. The van der Waals surface area contributed by atoms with Crippen molar-refractivity contribution in [2.75, 3.05) is 0 Å². The third-order valence-electron chi connectivity index (χ3n) is 5.30. The fourth-order valence-corrected chi connectivity index (χ4v) is 4.04. The third-order valence-corrected chi connectivity index (χ3v) is 5.54. The normalized spacial score (nSPS) is 28.8. The molecule has 110 valence electrons. The Morgan fingerprint density at radius 3 is 2.55 bits per heavy atom. The molecule has 0 heterocycles. The van der Waals surface area contributed by atoms with Crippen LogP contribution in [0.5, 0.6) is 5.75 Å². The van der Waals surface area contributed by atoms with Crippen LogP contribution >= 0.6 is 11.6 Å². The van der Waals surface area contributed by atoms with Gasteiger partial charge in [-0.1, -0.05) is 43.4 Å². The van der Waals surface area contributed by atoms with E-state index >= 15 is 0 Å². The number of hydrogen-bond donors (Lipinski definition) is 1. The predicted molar refractivity (Wildman–Crippen MR) is 83.3 cm³/mol. The number of aryl methyl sites for hydroxylation is 1.